The van der Waals surface area contributed by atoms with Gasteiger partial charge < -0.3 is 5.11 Å². The number of aliphatic hydroxyl groups is 1. The van der Waals surface area contributed by atoms with Gasteiger partial charge in [0.15, 0.2) is 0 Å². The van der Waals surface area contributed by atoms with Crippen LogP contribution in [0.2, 0.25) is 0 Å². The zero-order valence-electron chi connectivity index (χ0n) is 9.10. The quantitative estimate of drug-likeness (QED) is 0.756. The molecule has 3 rings (SSSR count). The molecule has 1 aliphatic rings. The minimum Gasteiger partial charge on any atom is -0.382 e. The Kier molecular flexibility index (Phi) is 2.30. The van der Waals surface area contributed by atoms with E-state index in [-0.39, 0.29) is 0 Å². The highest BCUT2D eigenvalue weighted by atomic mass is 32.1. The molecule has 82 valence electrons. The molecule has 0 bridgehead atoms. The lowest BCUT2D eigenvalue weighted by Gasteiger charge is -2.10. The zero-order valence-corrected chi connectivity index (χ0v) is 9.92. The second-order valence-electron chi connectivity index (χ2n) is 4.14. The molecule has 0 saturated heterocycles. The van der Waals surface area contributed by atoms with Crippen LogP contribution in [-0.4, -0.2) is 10.1 Å². The summed E-state index contributed by atoms with van der Waals surface area (Å²) < 4.78 is 0. The lowest BCUT2D eigenvalue weighted by molar-refractivity contribution is 0.215. The van der Waals surface area contributed by atoms with Crippen molar-refractivity contribution in [1.29, 1.82) is 0 Å². The first-order valence-electron chi connectivity index (χ1n) is 5.48. The van der Waals surface area contributed by atoms with Crippen LogP contribution < -0.4 is 0 Å². The summed E-state index contributed by atoms with van der Waals surface area (Å²) in [6, 6.07) is 8.11. The van der Waals surface area contributed by atoms with Gasteiger partial charge in [0.25, 0.3) is 0 Å². The van der Waals surface area contributed by atoms with E-state index in [1.54, 1.807) is 11.3 Å². The first-order valence-corrected chi connectivity index (χ1v) is 6.29. The number of thiazole rings is 1. The Morgan fingerprint density at radius 2 is 2.12 bits per heavy atom. The zero-order chi connectivity index (χ0) is 11.1. The summed E-state index contributed by atoms with van der Waals surface area (Å²) in [5.41, 5.74) is 3.14. The molecule has 0 fully saturated rings. The van der Waals surface area contributed by atoms with Crippen LogP contribution in [0.5, 0.6) is 0 Å². The van der Waals surface area contributed by atoms with E-state index >= 15 is 0 Å². The van der Waals surface area contributed by atoms with Gasteiger partial charge in [-0.3, -0.25) is 0 Å². The van der Waals surface area contributed by atoms with Gasteiger partial charge in [0.1, 0.15) is 6.10 Å². The van der Waals surface area contributed by atoms with Crippen LogP contribution in [0.4, 0.5) is 0 Å². The van der Waals surface area contributed by atoms with Crippen molar-refractivity contribution in [2.24, 2.45) is 0 Å². The SMILES string of the molecule is Cc1nc2c(s1)CCc1ccccc1[C@@H]2O. The van der Waals surface area contributed by atoms with Gasteiger partial charge in [-0.15, -0.1) is 11.3 Å². The Balaban J connectivity index is 2.16. The third kappa shape index (κ3) is 1.47. The van der Waals surface area contributed by atoms with Gasteiger partial charge in [0, 0.05) is 4.88 Å². The van der Waals surface area contributed by atoms with Crippen LogP contribution in [-0.2, 0) is 12.8 Å². The van der Waals surface area contributed by atoms with E-state index in [1.807, 2.05) is 25.1 Å². The molecular weight excluding hydrogens is 218 g/mol. The van der Waals surface area contributed by atoms with E-state index in [2.05, 4.69) is 11.1 Å². The van der Waals surface area contributed by atoms with Crippen LogP contribution in [0.3, 0.4) is 0 Å². The highest BCUT2D eigenvalue weighted by Crippen LogP contribution is 2.34. The number of benzene rings is 1. The number of aliphatic hydroxyl groups excluding tert-OH is 1. The van der Waals surface area contributed by atoms with Crippen molar-refractivity contribution < 1.29 is 5.11 Å². The number of nitrogens with zero attached hydrogens (tertiary/aromatic N) is 1. The fraction of sp³-hybridized carbons (Fsp3) is 0.308. The molecular formula is C13H13NOS. The maximum atomic E-state index is 10.4. The monoisotopic (exact) mass is 231 g/mol. The number of fused-ring (bicyclic) bond motifs is 2. The molecule has 2 aromatic rings. The van der Waals surface area contributed by atoms with E-state index in [0.717, 1.165) is 29.1 Å². The molecule has 1 N–H and O–H groups in total. The van der Waals surface area contributed by atoms with E-state index < -0.39 is 6.10 Å². The minimum absolute atomic E-state index is 0.543. The summed E-state index contributed by atoms with van der Waals surface area (Å²) in [5, 5.41) is 11.4. The van der Waals surface area contributed by atoms with Gasteiger partial charge >= 0.3 is 0 Å². The normalized spacial score (nSPS) is 18.8. The average molecular weight is 231 g/mol. The molecule has 0 saturated carbocycles. The fourth-order valence-electron chi connectivity index (χ4n) is 2.30. The van der Waals surface area contributed by atoms with Crippen molar-refractivity contribution >= 4 is 11.3 Å². The summed E-state index contributed by atoms with van der Waals surface area (Å²) in [4.78, 5) is 5.70. The summed E-state index contributed by atoms with van der Waals surface area (Å²) in [6.07, 6.45) is 1.45. The lowest BCUT2D eigenvalue weighted by atomic mass is 10.0. The average Bonchev–Trinajstić information content (AvgIpc) is 2.62. The molecule has 3 heteroatoms. The molecule has 1 heterocycles. The summed E-state index contributed by atoms with van der Waals surface area (Å²) >= 11 is 1.71. The summed E-state index contributed by atoms with van der Waals surface area (Å²) in [5.74, 6) is 0. The molecule has 1 atom stereocenters. The van der Waals surface area contributed by atoms with E-state index in [0.29, 0.717) is 0 Å². The maximum absolute atomic E-state index is 10.4. The predicted octanol–water partition coefficient (Wildman–Crippen LogP) is 2.63. The smallest absolute Gasteiger partial charge is 0.122 e. The van der Waals surface area contributed by atoms with Gasteiger partial charge in [-0.25, -0.2) is 4.98 Å². The summed E-state index contributed by atoms with van der Waals surface area (Å²) in [6.45, 7) is 2.00. The van der Waals surface area contributed by atoms with Gasteiger partial charge in [0.05, 0.1) is 10.7 Å². The Hall–Kier alpha value is -1.19. The lowest BCUT2D eigenvalue weighted by Crippen LogP contribution is -2.02. The first kappa shape index (κ1) is 10.00. The van der Waals surface area contributed by atoms with E-state index in [4.69, 9.17) is 0 Å². The summed E-state index contributed by atoms with van der Waals surface area (Å²) in [7, 11) is 0. The Labute approximate surface area is 98.6 Å². The topological polar surface area (TPSA) is 33.1 Å². The van der Waals surface area contributed by atoms with Crippen LogP contribution in [0, 0.1) is 6.92 Å². The highest BCUT2D eigenvalue weighted by Gasteiger charge is 2.24. The Morgan fingerprint density at radius 3 is 3.00 bits per heavy atom. The second-order valence-corrected chi connectivity index (χ2v) is 5.43. The minimum atomic E-state index is -0.543. The van der Waals surface area contributed by atoms with Gasteiger partial charge in [-0.2, -0.15) is 0 Å². The predicted molar refractivity (Wildman–Crippen MR) is 64.8 cm³/mol. The van der Waals surface area contributed by atoms with Crippen LogP contribution in [0.25, 0.3) is 0 Å². The Bertz CT molecular complexity index is 532. The van der Waals surface area contributed by atoms with Crippen molar-refractivity contribution in [2.75, 3.05) is 0 Å². The standard InChI is InChI=1S/C13H13NOS/c1-8-14-12-11(16-8)7-6-9-4-2-3-5-10(9)13(12)15/h2-5,13,15H,6-7H2,1H3/t13-/m0/s1. The van der Waals surface area contributed by atoms with Gasteiger partial charge in [-0.1, -0.05) is 24.3 Å². The molecule has 0 spiro atoms. The number of hydrogen-bond acceptors (Lipinski definition) is 3. The fourth-order valence-corrected chi connectivity index (χ4v) is 3.27. The van der Waals surface area contributed by atoms with E-state index in [1.165, 1.54) is 10.4 Å². The maximum Gasteiger partial charge on any atom is 0.122 e. The van der Waals surface area contributed by atoms with Crippen molar-refractivity contribution in [3.05, 3.63) is 51.0 Å². The molecule has 16 heavy (non-hydrogen) atoms. The number of aryl methyl sites for hydroxylation is 3. The van der Waals surface area contributed by atoms with Crippen molar-refractivity contribution in [3.63, 3.8) is 0 Å². The number of rotatable bonds is 0. The van der Waals surface area contributed by atoms with Crippen molar-refractivity contribution in [3.8, 4) is 0 Å². The van der Waals surface area contributed by atoms with Crippen LogP contribution in [0.15, 0.2) is 24.3 Å². The molecule has 0 unspecified atom stereocenters. The molecule has 1 aromatic heterocycles. The van der Waals surface area contributed by atoms with E-state index in [9.17, 15) is 5.11 Å². The second kappa shape index (κ2) is 3.68. The molecule has 0 amide bonds. The van der Waals surface area contributed by atoms with Crippen LogP contribution >= 0.6 is 11.3 Å². The van der Waals surface area contributed by atoms with Crippen molar-refractivity contribution in [1.82, 2.24) is 4.98 Å². The number of hydrogen-bond donors (Lipinski definition) is 1. The first-order chi connectivity index (χ1) is 7.75. The molecule has 0 radical (unpaired) electrons. The van der Waals surface area contributed by atoms with Gasteiger partial charge in [-0.05, 0) is 30.9 Å². The highest BCUT2D eigenvalue weighted by molar-refractivity contribution is 7.11. The van der Waals surface area contributed by atoms with Crippen LogP contribution in [0.1, 0.15) is 32.8 Å². The molecule has 1 aliphatic carbocycles. The number of aromatic nitrogens is 1. The molecule has 1 aromatic carbocycles. The Morgan fingerprint density at radius 1 is 1.31 bits per heavy atom. The largest absolute Gasteiger partial charge is 0.382 e. The van der Waals surface area contributed by atoms with Crippen molar-refractivity contribution in [2.45, 2.75) is 25.9 Å². The third-order valence-corrected chi connectivity index (χ3v) is 4.11. The van der Waals surface area contributed by atoms with Gasteiger partial charge in [0.2, 0.25) is 0 Å². The molecule has 2 nitrogen and oxygen atoms in total. The third-order valence-electron chi connectivity index (χ3n) is 3.06. The molecule has 0 aliphatic heterocycles.